The Kier molecular flexibility index (Phi) is 3.50. The second-order valence-electron chi connectivity index (χ2n) is 5.91. The van der Waals surface area contributed by atoms with Crippen LogP contribution >= 0.6 is 11.3 Å². The van der Waals surface area contributed by atoms with Gasteiger partial charge in [-0.3, -0.25) is 4.79 Å². The molecule has 0 bridgehead atoms. The van der Waals surface area contributed by atoms with E-state index in [0.717, 1.165) is 24.6 Å². The lowest BCUT2D eigenvalue weighted by Gasteiger charge is -2.47. The molecule has 1 spiro atoms. The lowest BCUT2D eigenvalue weighted by Crippen LogP contribution is -2.62. The largest absolute Gasteiger partial charge is 0.358 e. The van der Waals surface area contributed by atoms with Crippen molar-refractivity contribution >= 4 is 28.1 Å². The van der Waals surface area contributed by atoms with E-state index in [0.29, 0.717) is 12.1 Å². The average molecular weight is 334 g/mol. The van der Waals surface area contributed by atoms with E-state index in [2.05, 4.69) is 20.4 Å². The number of anilines is 2. The zero-order valence-corrected chi connectivity index (χ0v) is 13.1. The number of rotatable bonds is 3. The van der Waals surface area contributed by atoms with E-state index in [1.165, 1.54) is 23.5 Å². The van der Waals surface area contributed by atoms with Crippen molar-refractivity contribution < 1.29 is 13.9 Å². The number of carbonyl (C=O) groups is 1. The topological polar surface area (TPSA) is 67.4 Å². The molecule has 4 rings (SSSR count). The smallest absolute Gasteiger partial charge is 0.253 e. The van der Waals surface area contributed by atoms with Crippen LogP contribution in [0.15, 0.2) is 29.8 Å². The molecular formula is C15H15FN4O2S. The van der Waals surface area contributed by atoms with Crippen LogP contribution in [0.1, 0.15) is 12.8 Å². The number of ether oxygens (including phenoxy) is 1. The first-order valence-corrected chi connectivity index (χ1v) is 8.27. The molecular weight excluding hydrogens is 319 g/mol. The van der Waals surface area contributed by atoms with Gasteiger partial charge in [-0.2, -0.15) is 0 Å². The van der Waals surface area contributed by atoms with Gasteiger partial charge in [-0.05, 0) is 31.0 Å². The number of nitrogens with one attached hydrogen (secondary N) is 1. The summed E-state index contributed by atoms with van der Waals surface area (Å²) in [5, 5.41) is 11.5. The van der Waals surface area contributed by atoms with Gasteiger partial charge >= 0.3 is 0 Å². The minimum absolute atomic E-state index is 0.221. The minimum atomic E-state index is -0.491. The Morgan fingerprint density at radius 1 is 1.48 bits per heavy atom. The highest BCUT2D eigenvalue weighted by Crippen LogP contribution is 2.40. The number of benzene rings is 1. The molecule has 1 aromatic carbocycles. The maximum Gasteiger partial charge on any atom is 0.253 e. The van der Waals surface area contributed by atoms with Gasteiger partial charge in [0.05, 0.1) is 13.1 Å². The molecule has 0 aliphatic carbocycles. The second kappa shape index (κ2) is 5.54. The van der Waals surface area contributed by atoms with E-state index >= 15 is 0 Å². The fourth-order valence-electron chi connectivity index (χ4n) is 3.11. The van der Waals surface area contributed by atoms with E-state index in [1.54, 1.807) is 17.6 Å². The van der Waals surface area contributed by atoms with Crippen molar-refractivity contribution in [3.05, 3.63) is 35.6 Å². The van der Waals surface area contributed by atoms with Crippen LogP contribution in [-0.4, -0.2) is 40.9 Å². The lowest BCUT2D eigenvalue weighted by molar-refractivity contribution is -0.133. The van der Waals surface area contributed by atoms with Crippen LogP contribution in [0.4, 0.5) is 15.2 Å². The molecule has 0 radical (unpaired) electrons. The highest BCUT2D eigenvalue weighted by atomic mass is 32.1. The van der Waals surface area contributed by atoms with Gasteiger partial charge in [0.25, 0.3) is 5.91 Å². The Morgan fingerprint density at radius 3 is 3.09 bits per heavy atom. The quantitative estimate of drug-likeness (QED) is 0.930. The fraction of sp³-hybridized carbons (Fsp3) is 0.400. The Bertz CT molecular complexity index is 718. The minimum Gasteiger partial charge on any atom is -0.358 e. The Labute approximate surface area is 136 Å². The summed E-state index contributed by atoms with van der Waals surface area (Å²) in [4.78, 5) is 14.4. The van der Waals surface area contributed by atoms with Crippen molar-refractivity contribution in [1.82, 2.24) is 10.2 Å². The third-order valence-corrected chi connectivity index (χ3v) is 4.97. The van der Waals surface area contributed by atoms with Gasteiger partial charge in [0.15, 0.2) is 0 Å². The van der Waals surface area contributed by atoms with Crippen molar-refractivity contribution in [2.75, 3.05) is 23.3 Å². The standard InChI is InChI=1S/C15H15FN4O2S/c16-10-2-1-3-11(6-10)18-13(21)12-4-5-15(22-12)7-20(8-15)14-19-17-9-23-14/h1-3,6,9,12H,4-5,7-8H2,(H,18,21). The van der Waals surface area contributed by atoms with Gasteiger partial charge in [-0.15, -0.1) is 10.2 Å². The molecule has 2 aliphatic rings. The van der Waals surface area contributed by atoms with Crippen LogP contribution in [0.5, 0.6) is 0 Å². The SMILES string of the molecule is O=C(Nc1cccc(F)c1)C1CCC2(CN(c3nncs3)C2)O1. The number of carbonyl (C=O) groups excluding carboxylic acids is 1. The predicted molar refractivity (Wildman–Crippen MR) is 84.0 cm³/mol. The van der Waals surface area contributed by atoms with Crippen LogP contribution in [0.2, 0.25) is 0 Å². The van der Waals surface area contributed by atoms with Gasteiger partial charge < -0.3 is 15.0 Å². The monoisotopic (exact) mass is 334 g/mol. The van der Waals surface area contributed by atoms with Crippen LogP contribution in [0.3, 0.4) is 0 Å². The highest BCUT2D eigenvalue weighted by Gasteiger charge is 2.51. The Morgan fingerprint density at radius 2 is 2.35 bits per heavy atom. The zero-order valence-electron chi connectivity index (χ0n) is 12.2. The van der Waals surface area contributed by atoms with Gasteiger partial charge in [-0.25, -0.2) is 4.39 Å². The summed E-state index contributed by atoms with van der Waals surface area (Å²) in [5.41, 5.74) is 1.88. The first kappa shape index (κ1) is 14.5. The zero-order chi connectivity index (χ0) is 15.9. The summed E-state index contributed by atoms with van der Waals surface area (Å²) in [6, 6.07) is 5.86. The fourth-order valence-corrected chi connectivity index (χ4v) is 3.67. The highest BCUT2D eigenvalue weighted by molar-refractivity contribution is 7.13. The number of hydrogen-bond donors (Lipinski definition) is 1. The molecule has 1 aromatic heterocycles. The molecule has 2 aromatic rings. The number of amides is 1. The Hall–Kier alpha value is -2.06. The molecule has 2 aliphatic heterocycles. The van der Waals surface area contributed by atoms with Gasteiger partial charge in [0.2, 0.25) is 5.13 Å². The van der Waals surface area contributed by atoms with Crippen LogP contribution < -0.4 is 10.2 Å². The Balaban J connectivity index is 1.35. The van der Waals surface area contributed by atoms with Crippen LogP contribution in [0.25, 0.3) is 0 Å². The molecule has 2 fully saturated rings. The van der Waals surface area contributed by atoms with Crippen molar-refractivity contribution in [2.24, 2.45) is 0 Å². The average Bonchev–Trinajstić information content (AvgIpc) is 3.15. The van der Waals surface area contributed by atoms with Gasteiger partial charge in [-0.1, -0.05) is 17.4 Å². The molecule has 1 atom stereocenters. The molecule has 3 heterocycles. The summed E-state index contributed by atoms with van der Waals surface area (Å²) < 4.78 is 19.1. The maximum atomic E-state index is 13.2. The van der Waals surface area contributed by atoms with Crippen molar-refractivity contribution in [3.63, 3.8) is 0 Å². The normalized spacial score (nSPS) is 22.1. The van der Waals surface area contributed by atoms with E-state index in [4.69, 9.17) is 4.74 Å². The van der Waals surface area contributed by atoms with Crippen LogP contribution in [-0.2, 0) is 9.53 Å². The first-order valence-electron chi connectivity index (χ1n) is 7.39. The number of aromatic nitrogens is 2. The van der Waals surface area contributed by atoms with Crippen molar-refractivity contribution in [2.45, 2.75) is 24.5 Å². The predicted octanol–water partition coefficient (Wildman–Crippen LogP) is 2.05. The van der Waals surface area contributed by atoms with Crippen LogP contribution in [0, 0.1) is 5.82 Å². The van der Waals surface area contributed by atoms with Crippen molar-refractivity contribution in [3.8, 4) is 0 Å². The second-order valence-corrected chi connectivity index (χ2v) is 6.72. The van der Waals surface area contributed by atoms with Gasteiger partial charge in [0, 0.05) is 5.69 Å². The lowest BCUT2D eigenvalue weighted by atomic mass is 9.91. The summed E-state index contributed by atoms with van der Waals surface area (Å²) in [5.74, 6) is -0.597. The molecule has 120 valence electrons. The van der Waals surface area contributed by atoms with E-state index in [9.17, 15) is 9.18 Å². The van der Waals surface area contributed by atoms with Crippen molar-refractivity contribution in [1.29, 1.82) is 0 Å². The molecule has 0 saturated carbocycles. The third-order valence-electron chi connectivity index (χ3n) is 4.22. The molecule has 2 saturated heterocycles. The summed E-state index contributed by atoms with van der Waals surface area (Å²) in [6.07, 6.45) is 1.02. The summed E-state index contributed by atoms with van der Waals surface area (Å²) in [6.45, 7) is 1.46. The van der Waals surface area contributed by atoms with E-state index < -0.39 is 6.10 Å². The van der Waals surface area contributed by atoms with E-state index in [1.807, 2.05) is 0 Å². The molecule has 1 amide bonds. The molecule has 1 unspecified atom stereocenters. The molecule has 1 N–H and O–H groups in total. The molecule has 6 nitrogen and oxygen atoms in total. The number of halogens is 1. The summed E-state index contributed by atoms with van der Waals surface area (Å²) >= 11 is 1.49. The maximum absolute atomic E-state index is 13.2. The number of nitrogens with zero attached hydrogens (tertiary/aromatic N) is 3. The molecule has 23 heavy (non-hydrogen) atoms. The van der Waals surface area contributed by atoms with Gasteiger partial charge in [0.1, 0.15) is 23.0 Å². The first-order chi connectivity index (χ1) is 11.1. The molecule has 8 heteroatoms. The van der Waals surface area contributed by atoms with E-state index in [-0.39, 0.29) is 17.3 Å². The number of hydrogen-bond acceptors (Lipinski definition) is 6. The third kappa shape index (κ3) is 2.79. The summed E-state index contributed by atoms with van der Waals surface area (Å²) in [7, 11) is 0.